The molecule has 27 heavy (non-hydrogen) atoms. The molecule has 0 fully saturated rings. The molecule has 0 aliphatic heterocycles. The molecule has 0 saturated heterocycles. The number of benzene rings is 2. The lowest BCUT2D eigenvalue weighted by atomic mass is 10.1. The van der Waals surface area contributed by atoms with Gasteiger partial charge in [-0.05, 0) is 42.8 Å². The molecule has 1 amide bonds. The van der Waals surface area contributed by atoms with E-state index in [1.807, 2.05) is 49.4 Å². The summed E-state index contributed by atoms with van der Waals surface area (Å²) in [6.45, 7) is 1.90. The molecule has 0 bridgehead atoms. The van der Waals surface area contributed by atoms with Gasteiger partial charge in [0.05, 0.1) is 11.3 Å². The van der Waals surface area contributed by atoms with Crippen LogP contribution in [0.3, 0.4) is 0 Å². The molecule has 0 spiro atoms. The minimum absolute atomic E-state index is 0.186. The summed E-state index contributed by atoms with van der Waals surface area (Å²) in [6, 6.07) is 18.4. The Hall–Kier alpha value is -3.80. The highest BCUT2D eigenvalue weighted by atomic mass is 16.5. The summed E-state index contributed by atoms with van der Waals surface area (Å²) in [5.41, 5.74) is 3.60. The van der Waals surface area contributed by atoms with Crippen LogP contribution in [-0.4, -0.2) is 21.0 Å². The Morgan fingerprint density at radius 2 is 1.70 bits per heavy atom. The van der Waals surface area contributed by atoms with E-state index < -0.39 is 0 Å². The molecule has 0 aliphatic carbocycles. The van der Waals surface area contributed by atoms with Gasteiger partial charge in [-0.2, -0.15) is 4.98 Å². The molecule has 4 aromatic rings. The van der Waals surface area contributed by atoms with Crippen molar-refractivity contribution in [1.82, 2.24) is 15.1 Å². The van der Waals surface area contributed by atoms with Crippen LogP contribution < -0.4 is 5.32 Å². The van der Waals surface area contributed by atoms with Crippen LogP contribution in [0.2, 0.25) is 0 Å². The van der Waals surface area contributed by atoms with E-state index in [0.717, 1.165) is 11.1 Å². The number of pyridine rings is 1. The van der Waals surface area contributed by atoms with E-state index in [1.54, 1.807) is 30.6 Å². The first kappa shape index (κ1) is 16.7. The lowest BCUT2D eigenvalue weighted by Crippen LogP contribution is -2.13. The maximum atomic E-state index is 12.7. The molecule has 6 heteroatoms. The normalized spacial score (nSPS) is 10.6. The van der Waals surface area contributed by atoms with E-state index in [-0.39, 0.29) is 5.91 Å². The largest absolute Gasteiger partial charge is 0.334 e. The van der Waals surface area contributed by atoms with Crippen LogP contribution in [0, 0.1) is 6.92 Å². The summed E-state index contributed by atoms with van der Waals surface area (Å²) in [6.07, 6.45) is 3.34. The second-order valence-electron chi connectivity index (χ2n) is 5.97. The smallest absolute Gasteiger partial charge is 0.260 e. The number of nitrogens with zero attached hydrogens (tertiary/aromatic N) is 3. The van der Waals surface area contributed by atoms with Crippen LogP contribution in [0.25, 0.3) is 22.8 Å². The Balaban J connectivity index is 1.65. The standard InChI is InChI=1S/C21H16N4O2/c1-14-6-2-3-7-16(14)20(26)23-18-9-5-4-8-17(18)21-24-19(25-27-21)15-10-12-22-13-11-15/h2-13H,1H3,(H,23,26). The van der Waals surface area contributed by atoms with Crippen LogP contribution in [0.5, 0.6) is 0 Å². The van der Waals surface area contributed by atoms with Crippen molar-refractivity contribution in [3.05, 3.63) is 84.2 Å². The third kappa shape index (κ3) is 3.46. The van der Waals surface area contributed by atoms with E-state index in [9.17, 15) is 4.79 Å². The molecule has 0 atom stereocenters. The van der Waals surface area contributed by atoms with Gasteiger partial charge in [0.1, 0.15) is 0 Å². The first-order valence-electron chi connectivity index (χ1n) is 8.43. The van der Waals surface area contributed by atoms with E-state index >= 15 is 0 Å². The fourth-order valence-electron chi connectivity index (χ4n) is 2.75. The monoisotopic (exact) mass is 356 g/mol. The van der Waals surface area contributed by atoms with Crippen LogP contribution >= 0.6 is 0 Å². The first-order valence-corrected chi connectivity index (χ1v) is 8.43. The van der Waals surface area contributed by atoms with Gasteiger partial charge < -0.3 is 9.84 Å². The Morgan fingerprint density at radius 3 is 2.52 bits per heavy atom. The number of hydrogen-bond donors (Lipinski definition) is 1. The quantitative estimate of drug-likeness (QED) is 0.587. The zero-order valence-electron chi connectivity index (χ0n) is 14.6. The molecule has 132 valence electrons. The molecule has 2 aromatic carbocycles. The number of hydrogen-bond acceptors (Lipinski definition) is 5. The van der Waals surface area contributed by atoms with Crippen molar-refractivity contribution >= 4 is 11.6 Å². The zero-order chi connectivity index (χ0) is 18.6. The predicted molar refractivity (Wildman–Crippen MR) is 102 cm³/mol. The van der Waals surface area contributed by atoms with Crippen molar-refractivity contribution in [2.45, 2.75) is 6.92 Å². The summed E-state index contributed by atoms with van der Waals surface area (Å²) in [4.78, 5) is 21.1. The van der Waals surface area contributed by atoms with Crippen molar-refractivity contribution in [3.63, 3.8) is 0 Å². The predicted octanol–water partition coefficient (Wildman–Crippen LogP) is 4.36. The molecule has 0 saturated carbocycles. The first-order chi connectivity index (χ1) is 13.2. The Morgan fingerprint density at radius 1 is 0.963 bits per heavy atom. The van der Waals surface area contributed by atoms with E-state index in [4.69, 9.17) is 4.52 Å². The summed E-state index contributed by atoms with van der Waals surface area (Å²) < 4.78 is 5.42. The van der Waals surface area contributed by atoms with Gasteiger partial charge in [0.25, 0.3) is 11.8 Å². The van der Waals surface area contributed by atoms with Crippen molar-refractivity contribution in [2.24, 2.45) is 0 Å². The highest BCUT2D eigenvalue weighted by molar-refractivity contribution is 6.06. The van der Waals surface area contributed by atoms with Crippen molar-refractivity contribution in [2.75, 3.05) is 5.32 Å². The lowest BCUT2D eigenvalue weighted by Gasteiger charge is -2.10. The van der Waals surface area contributed by atoms with Gasteiger partial charge in [-0.3, -0.25) is 9.78 Å². The molecular formula is C21H16N4O2. The van der Waals surface area contributed by atoms with Gasteiger partial charge in [0.15, 0.2) is 0 Å². The van der Waals surface area contributed by atoms with Gasteiger partial charge in [-0.15, -0.1) is 0 Å². The van der Waals surface area contributed by atoms with E-state index in [0.29, 0.717) is 28.5 Å². The Bertz CT molecular complexity index is 1090. The van der Waals surface area contributed by atoms with Gasteiger partial charge in [0.2, 0.25) is 5.82 Å². The third-order valence-electron chi connectivity index (χ3n) is 4.16. The molecule has 0 radical (unpaired) electrons. The highest BCUT2D eigenvalue weighted by Crippen LogP contribution is 2.28. The number of carbonyl (C=O) groups excluding carboxylic acids is 1. The van der Waals surface area contributed by atoms with Gasteiger partial charge in [0, 0.05) is 23.5 Å². The number of amides is 1. The Labute approximate surface area is 155 Å². The van der Waals surface area contributed by atoms with Crippen molar-refractivity contribution < 1.29 is 9.32 Å². The van der Waals surface area contributed by atoms with Gasteiger partial charge in [-0.25, -0.2) is 0 Å². The summed E-state index contributed by atoms with van der Waals surface area (Å²) in [7, 11) is 0. The maximum absolute atomic E-state index is 12.7. The molecule has 0 aliphatic rings. The Kier molecular flexibility index (Phi) is 4.45. The van der Waals surface area contributed by atoms with Crippen molar-refractivity contribution in [3.8, 4) is 22.8 Å². The maximum Gasteiger partial charge on any atom is 0.260 e. The molecule has 2 heterocycles. The number of para-hydroxylation sites is 1. The zero-order valence-corrected chi connectivity index (χ0v) is 14.6. The lowest BCUT2D eigenvalue weighted by molar-refractivity contribution is 0.102. The minimum atomic E-state index is -0.186. The number of rotatable bonds is 4. The number of aromatic nitrogens is 3. The van der Waals surface area contributed by atoms with Crippen LogP contribution in [0.1, 0.15) is 15.9 Å². The second-order valence-corrected chi connectivity index (χ2v) is 5.97. The number of nitrogens with one attached hydrogen (secondary N) is 1. The molecule has 2 aromatic heterocycles. The fourth-order valence-corrected chi connectivity index (χ4v) is 2.75. The second kappa shape index (κ2) is 7.21. The van der Waals surface area contributed by atoms with Crippen LogP contribution in [0.15, 0.2) is 77.6 Å². The van der Waals surface area contributed by atoms with E-state index in [2.05, 4.69) is 20.4 Å². The van der Waals surface area contributed by atoms with Crippen LogP contribution in [0.4, 0.5) is 5.69 Å². The highest BCUT2D eigenvalue weighted by Gasteiger charge is 2.16. The topological polar surface area (TPSA) is 80.9 Å². The molecule has 0 unspecified atom stereocenters. The summed E-state index contributed by atoms with van der Waals surface area (Å²) in [5, 5.41) is 6.97. The molecule has 1 N–H and O–H groups in total. The van der Waals surface area contributed by atoms with E-state index in [1.165, 1.54) is 0 Å². The average Bonchev–Trinajstić information content (AvgIpc) is 3.19. The molecule has 4 rings (SSSR count). The summed E-state index contributed by atoms with van der Waals surface area (Å²) in [5.74, 6) is 0.615. The molecule has 6 nitrogen and oxygen atoms in total. The minimum Gasteiger partial charge on any atom is -0.334 e. The van der Waals surface area contributed by atoms with Gasteiger partial charge in [-0.1, -0.05) is 35.5 Å². The van der Waals surface area contributed by atoms with Crippen LogP contribution in [-0.2, 0) is 0 Å². The average molecular weight is 356 g/mol. The fraction of sp³-hybridized carbons (Fsp3) is 0.0476. The van der Waals surface area contributed by atoms with Gasteiger partial charge >= 0.3 is 0 Å². The number of aryl methyl sites for hydroxylation is 1. The number of carbonyl (C=O) groups is 1. The summed E-state index contributed by atoms with van der Waals surface area (Å²) >= 11 is 0. The van der Waals surface area contributed by atoms with Crippen molar-refractivity contribution in [1.29, 1.82) is 0 Å². The number of anilines is 1. The third-order valence-corrected chi connectivity index (χ3v) is 4.16. The SMILES string of the molecule is Cc1ccccc1C(=O)Nc1ccccc1-c1nc(-c2ccncc2)no1. The molecular weight excluding hydrogens is 340 g/mol.